The van der Waals surface area contributed by atoms with Crippen LogP contribution in [0.3, 0.4) is 0 Å². The topological polar surface area (TPSA) is 90.6 Å². The highest BCUT2D eigenvalue weighted by Gasteiger charge is 2.23. The highest BCUT2D eigenvalue weighted by Crippen LogP contribution is 2.32. The van der Waals surface area contributed by atoms with Crippen molar-refractivity contribution in [2.45, 2.75) is 13.1 Å². The molecule has 7 heteroatoms. The first-order valence-electron chi connectivity index (χ1n) is 7.16. The van der Waals surface area contributed by atoms with Crippen molar-refractivity contribution in [2.75, 3.05) is 12.5 Å². The third-order valence-electron chi connectivity index (χ3n) is 3.80. The van der Waals surface area contributed by atoms with E-state index in [9.17, 15) is 4.79 Å². The normalized spacial score (nSPS) is 15.2. The van der Waals surface area contributed by atoms with Gasteiger partial charge in [0.2, 0.25) is 18.6 Å². The van der Waals surface area contributed by atoms with Gasteiger partial charge in [0.05, 0.1) is 12.2 Å². The molecule has 0 bridgehead atoms. The third kappa shape index (κ3) is 2.57. The minimum Gasteiger partial charge on any atom is -0.454 e. The zero-order chi connectivity index (χ0) is 15.8. The Morgan fingerprint density at radius 1 is 1.26 bits per heavy atom. The fourth-order valence-corrected chi connectivity index (χ4v) is 2.61. The van der Waals surface area contributed by atoms with Gasteiger partial charge in [-0.1, -0.05) is 6.07 Å². The van der Waals surface area contributed by atoms with Crippen molar-refractivity contribution in [1.29, 1.82) is 0 Å². The highest BCUT2D eigenvalue weighted by atomic mass is 16.7. The second kappa shape index (κ2) is 5.28. The Balaban J connectivity index is 1.46. The van der Waals surface area contributed by atoms with E-state index in [1.807, 2.05) is 18.2 Å². The van der Waals surface area contributed by atoms with Crippen LogP contribution in [0, 0.1) is 0 Å². The summed E-state index contributed by atoms with van der Waals surface area (Å²) in [5.41, 5.74) is 8.19. The van der Waals surface area contributed by atoms with Crippen LogP contribution in [0.1, 0.15) is 16.8 Å². The zero-order valence-corrected chi connectivity index (χ0v) is 12.2. The van der Waals surface area contributed by atoms with Crippen molar-refractivity contribution in [3.05, 3.63) is 47.3 Å². The molecule has 1 amide bonds. The lowest BCUT2D eigenvalue weighted by atomic mass is 10.2. The molecule has 0 fully saturated rings. The van der Waals surface area contributed by atoms with Gasteiger partial charge < -0.3 is 20.1 Å². The van der Waals surface area contributed by atoms with E-state index >= 15 is 0 Å². The maximum atomic E-state index is 12.3. The Morgan fingerprint density at radius 3 is 3.04 bits per heavy atom. The monoisotopic (exact) mass is 310 g/mol. The van der Waals surface area contributed by atoms with Crippen molar-refractivity contribution >= 4 is 17.9 Å². The molecular weight excluding hydrogens is 296 g/mol. The fourth-order valence-electron chi connectivity index (χ4n) is 2.61. The predicted octanol–water partition coefficient (Wildman–Crippen LogP) is 1.34. The minimum atomic E-state index is -0.0840. The summed E-state index contributed by atoms with van der Waals surface area (Å²) < 4.78 is 10.6. The number of nitrogen functional groups attached to an aromatic ring is 1. The van der Waals surface area contributed by atoms with Crippen LogP contribution in [-0.2, 0) is 17.9 Å². The summed E-state index contributed by atoms with van der Waals surface area (Å²) in [5.74, 6) is 1.56. The highest BCUT2D eigenvalue weighted by molar-refractivity contribution is 5.92. The van der Waals surface area contributed by atoms with Crippen LogP contribution in [0.5, 0.6) is 11.5 Å². The van der Waals surface area contributed by atoms with Crippen molar-refractivity contribution in [1.82, 2.24) is 14.9 Å². The van der Waals surface area contributed by atoms with Gasteiger partial charge in [0, 0.05) is 24.4 Å². The molecule has 116 valence electrons. The molecule has 2 aliphatic heterocycles. The van der Waals surface area contributed by atoms with Gasteiger partial charge in [0.15, 0.2) is 11.5 Å². The number of amides is 1. The van der Waals surface area contributed by atoms with Crippen molar-refractivity contribution in [2.24, 2.45) is 0 Å². The quantitative estimate of drug-likeness (QED) is 0.842. The molecule has 0 aliphatic carbocycles. The molecule has 1 aromatic carbocycles. The molecule has 2 N–H and O–H groups in total. The number of nitrogens with two attached hydrogens (primary N) is 1. The number of ether oxygens (including phenoxy) is 2. The molecule has 2 aliphatic rings. The Hall–Kier alpha value is -3.09. The largest absolute Gasteiger partial charge is 0.454 e. The summed E-state index contributed by atoms with van der Waals surface area (Å²) in [7, 11) is 0. The Morgan fingerprint density at radius 2 is 2.13 bits per heavy atom. The Labute approximate surface area is 132 Å². The number of fused-ring (bicyclic) bond motifs is 2. The van der Waals surface area contributed by atoms with Crippen LogP contribution in [0.15, 0.2) is 30.5 Å². The van der Waals surface area contributed by atoms with E-state index in [-0.39, 0.29) is 18.6 Å². The Kier molecular flexibility index (Phi) is 3.11. The van der Waals surface area contributed by atoms with E-state index in [1.54, 1.807) is 23.2 Å². The second-order valence-electron chi connectivity index (χ2n) is 5.34. The molecule has 4 rings (SSSR count). The number of aromatic nitrogens is 2. The van der Waals surface area contributed by atoms with Gasteiger partial charge in [0.1, 0.15) is 0 Å². The molecule has 0 unspecified atom stereocenters. The Bertz CT molecular complexity index is 819. The number of rotatable bonds is 2. The van der Waals surface area contributed by atoms with Gasteiger partial charge in [-0.2, -0.15) is 0 Å². The molecule has 0 spiro atoms. The van der Waals surface area contributed by atoms with Gasteiger partial charge in [-0.05, 0) is 23.8 Å². The van der Waals surface area contributed by atoms with Crippen LogP contribution in [0.2, 0.25) is 0 Å². The average molecular weight is 310 g/mol. The SMILES string of the molecule is Nc1ncc2c(n1)CN(C(=O)C=Cc1ccc3c(c1)OCO3)C2. The van der Waals surface area contributed by atoms with Gasteiger partial charge in [0.25, 0.3) is 0 Å². The number of hydrogen-bond donors (Lipinski definition) is 1. The lowest BCUT2D eigenvalue weighted by Gasteiger charge is -2.11. The van der Waals surface area contributed by atoms with E-state index in [0.29, 0.717) is 18.8 Å². The van der Waals surface area contributed by atoms with Crippen molar-refractivity contribution < 1.29 is 14.3 Å². The van der Waals surface area contributed by atoms with Crippen LogP contribution in [0.25, 0.3) is 6.08 Å². The maximum Gasteiger partial charge on any atom is 0.247 e. The molecule has 7 nitrogen and oxygen atoms in total. The van der Waals surface area contributed by atoms with Gasteiger partial charge in [-0.3, -0.25) is 4.79 Å². The maximum absolute atomic E-state index is 12.3. The first-order chi connectivity index (χ1) is 11.2. The minimum absolute atomic E-state index is 0.0840. The van der Waals surface area contributed by atoms with E-state index < -0.39 is 0 Å². The van der Waals surface area contributed by atoms with E-state index in [1.165, 1.54) is 0 Å². The smallest absolute Gasteiger partial charge is 0.247 e. The standard InChI is InChI=1S/C16H14N4O3/c17-16-18-6-11-7-20(8-12(11)19-16)15(21)4-2-10-1-3-13-14(5-10)23-9-22-13/h1-6H,7-9H2,(H2,17,18,19). The van der Waals surface area contributed by atoms with E-state index in [0.717, 1.165) is 22.6 Å². The molecule has 0 saturated carbocycles. The summed E-state index contributed by atoms with van der Waals surface area (Å²) in [6, 6.07) is 5.55. The molecule has 23 heavy (non-hydrogen) atoms. The summed E-state index contributed by atoms with van der Waals surface area (Å²) in [6.45, 7) is 1.18. The molecule has 3 heterocycles. The molecular formula is C16H14N4O3. The molecule has 0 radical (unpaired) electrons. The molecule has 2 aromatic rings. The van der Waals surface area contributed by atoms with Gasteiger partial charge >= 0.3 is 0 Å². The number of nitrogens with zero attached hydrogens (tertiary/aromatic N) is 3. The van der Waals surface area contributed by atoms with Crippen LogP contribution < -0.4 is 15.2 Å². The number of anilines is 1. The zero-order valence-electron chi connectivity index (χ0n) is 12.2. The van der Waals surface area contributed by atoms with Crippen LogP contribution in [0.4, 0.5) is 5.95 Å². The summed E-state index contributed by atoms with van der Waals surface area (Å²) >= 11 is 0. The molecule has 0 saturated heterocycles. The average Bonchev–Trinajstić information content (AvgIpc) is 3.17. The summed E-state index contributed by atoms with van der Waals surface area (Å²) in [4.78, 5) is 22.1. The fraction of sp³-hybridized carbons (Fsp3) is 0.188. The van der Waals surface area contributed by atoms with E-state index in [2.05, 4.69) is 9.97 Å². The van der Waals surface area contributed by atoms with E-state index in [4.69, 9.17) is 15.2 Å². The molecule has 0 atom stereocenters. The number of benzene rings is 1. The lowest BCUT2D eigenvalue weighted by molar-refractivity contribution is -0.126. The van der Waals surface area contributed by atoms with Crippen LogP contribution in [-0.4, -0.2) is 27.6 Å². The predicted molar refractivity (Wildman–Crippen MR) is 82.3 cm³/mol. The lowest BCUT2D eigenvalue weighted by Crippen LogP contribution is -2.23. The van der Waals surface area contributed by atoms with Crippen molar-refractivity contribution in [3.63, 3.8) is 0 Å². The van der Waals surface area contributed by atoms with Crippen LogP contribution >= 0.6 is 0 Å². The molecule has 1 aromatic heterocycles. The number of carbonyl (C=O) groups excluding carboxylic acids is 1. The summed E-state index contributed by atoms with van der Waals surface area (Å²) in [5, 5.41) is 0. The van der Waals surface area contributed by atoms with Gasteiger partial charge in [-0.25, -0.2) is 9.97 Å². The second-order valence-corrected chi connectivity index (χ2v) is 5.34. The number of carbonyl (C=O) groups is 1. The number of hydrogen-bond acceptors (Lipinski definition) is 6. The first kappa shape index (κ1) is 13.6. The van der Waals surface area contributed by atoms with Crippen molar-refractivity contribution in [3.8, 4) is 11.5 Å². The van der Waals surface area contributed by atoms with Gasteiger partial charge in [-0.15, -0.1) is 0 Å². The first-order valence-corrected chi connectivity index (χ1v) is 7.16. The summed E-state index contributed by atoms with van der Waals surface area (Å²) in [6.07, 6.45) is 4.97. The third-order valence-corrected chi connectivity index (χ3v) is 3.80.